The molecule has 0 aliphatic carbocycles. The summed E-state index contributed by atoms with van der Waals surface area (Å²) in [5.41, 5.74) is 3.49. The summed E-state index contributed by atoms with van der Waals surface area (Å²) >= 11 is 0. The van der Waals surface area contributed by atoms with E-state index in [0.29, 0.717) is 18.8 Å². The van der Waals surface area contributed by atoms with E-state index >= 15 is 0 Å². The molecule has 0 N–H and O–H groups in total. The first-order valence-electron chi connectivity index (χ1n) is 7.90. The molecule has 1 unspecified atom stereocenters. The van der Waals surface area contributed by atoms with Gasteiger partial charge in [-0.25, -0.2) is 9.50 Å². The minimum Gasteiger partial charge on any atom is -0.481 e. The van der Waals surface area contributed by atoms with Crippen LogP contribution in [0.15, 0.2) is 42.9 Å². The molecule has 4 heterocycles. The van der Waals surface area contributed by atoms with Gasteiger partial charge < -0.3 is 9.64 Å². The van der Waals surface area contributed by atoms with Gasteiger partial charge in [0.25, 0.3) is 0 Å². The number of nitrogens with zero attached hydrogens (tertiary/aromatic N) is 5. The van der Waals surface area contributed by atoms with Gasteiger partial charge in [-0.2, -0.15) is 10.4 Å². The van der Waals surface area contributed by atoms with Crippen LogP contribution in [0.25, 0.3) is 16.6 Å². The molecule has 0 bridgehead atoms. The van der Waals surface area contributed by atoms with Crippen LogP contribution in [0.5, 0.6) is 5.88 Å². The average molecular weight is 333 g/mol. The molecule has 4 rings (SSSR count). The van der Waals surface area contributed by atoms with Crippen LogP contribution in [0, 0.1) is 17.2 Å². The van der Waals surface area contributed by atoms with E-state index in [1.54, 1.807) is 28.9 Å². The van der Waals surface area contributed by atoms with E-state index in [9.17, 15) is 4.79 Å². The second-order valence-corrected chi connectivity index (χ2v) is 5.82. The molecule has 1 aliphatic rings. The van der Waals surface area contributed by atoms with E-state index in [-0.39, 0.29) is 5.91 Å². The van der Waals surface area contributed by atoms with Crippen molar-refractivity contribution in [3.8, 4) is 23.1 Å². The summed E-state index contributed by atoms with van der Waals surface area (Å²) in [5.74, 6) is -0.177. The van der Waals surface area contributed by atoms with Crippen LogP contribution in [0.4, 0.5) is 5.69 Å². The molecular formula is C18H15N5O2. The van der Waals surface area contributed by atoms with Crippen molar-refractivity contribution in [1.82, 2.24) is 14.6 Å². The molecule has 1 saturated heterocycles. The first-order valence-corrected chi connectivity index (χ1v) is 7.90. The second kappa shape index (κ2) is 5.91. The second-order valence-electron chi connectivity index (χ2n) is 5.82. The maximum absolute atomic E-state index is 12.4. The molecule has 0 spiro atoms. The summed E-state index contributed by atoms with van der Waals surface area (Å²) in [4.78, 5) is 18.2. The number of carbonyl (C=O) groups is 1. The van der Waals surface area contributed by atoms with Crippen molar-refractivity contribution in [3.05, 3.63) is 42.9 Å². The molecular weight excluding hydrogens is 318 g/mol. The number of fused-ring (bicyclic) bond motifs is 1. The zero-order chi connectivity index (χ0) is 17.4. The van der Waals surface area contributed by atoms with Gasteiger partial charge in [-0.1, -0.05) is 0 Å². The lowest BCUT2D eigenvalue weighted by Crippen LogP contribution is -2.27. The maximum atomic E-state index is 12.4. The summed E-state index contributed by atoms with van der Waals surface area (Å²) in [6.45, 7) is 0.542. The number of carbonyl (C=O) groups excluding carboxylic acids is 1. The van der Waals surface area contributed by atoms with Gasteiger partial charge >= 0.3 is 0 Å². The lowest BCUT2D eigenvalue weighted by atomic mass is 10.1. The smallest absolute Gasteiger partial charge is 0.244 e. The Balaban J connectivity index is 1.79. The predicted octanol–water partition coefficient (Wildman–Crippen LogP) is 2.28. The topological polar surface area (TPSA) is 83.5 Å². The Morgan fingerprint density at radius 2 is 2.16 bits per heavy atom. The van der Waals surface area contributed by atoms with Gasteiger partial charge in [0, 0.05) is 36.8 Å². The van der Waals surface area contributed by atoms with E-state index in [0.717, 1.165) is 22.3 Å². The lowest BCUT2D eigenvalue weighted by molar-refractivity contribution is -0.118. The Bertz CT molecular complexity index is 1000. The number of anilines is 1. The van der Waals surface area contributed by atoms with Crippen molar-refractivity contribution >= 4 is 17.1 Å². The highest BCUT2D eigenvalue weighted by molar-refractivity contribution is 6.02. The van der Waals surface area contributed by atoms with Crippen LogP contribution in [0.1, 0.15) is 6.42 Å². The number of hydrogen-bond acceptors (Lipinski definition) is 5. The highest BCUT2D eigenvalue weighted by Gasteiger charge is 2.33. The summed E-state index contributed by atoms with van der Waals surface area (Å²) < 4.78 is 6.92. The third-order valence-corrected chi connectivity index (χ3v) is 4.42. The fourth-order valence-electron chi connectivity index (χ4n) is 3.13. The number of aromatic nitrogens is 3. The number of ether oxygens (including phenoxy) is 1. The maximum Gasteiger partial charge on any atom is 0.244 e. The van der Waals surface area contributed by atoms with E-state index in [2.05, 4.69) is 16.2 Å². The molecule has 7 nitrogen and oxygen atoms in total. The molecule has 1 atom stereocenters. The molecule has 1 amide bonds. The van der Waals surface area contributed by atoms with Crippen LogP contribution >= 0.6 is 0 Å². The Kier molecular flexibility index (Phi) is 3.58. The molecule has 25 heavy (non-hydrogen) atoms. The fraction of sp³-hybridized carbons (Fsp3) is 0.222. The van der Waals surface area contributed by atoms with Gasteiger partial charge in [-0.3, -0.25) is 4.79 Å². The number of rotatable bonds is 3. The number of methoxy groups -OCH3 is 1. The van der Waals surface area contributed by atoms with Crippen LogP contribution in [-0.4, -0.2) is 34.2 Å². The molecule has 124 valence electrons. The van der Waals surface area contributed by atoms with Gasteiger partial charge in [0.15, 0.2) is 0 Å². The molecule has 1 fully saturated rings. The molecule has 7 heteroatoms. The van der Waals surface area contributed by atoms with E-state index < -0.39 is 5.92 Å². The largest absolute Gasteiger partial charge is 0.481 e. The van der Waals surface area contributed by atoms with Crippen LogP contribution in [0.2, 0.25) is 0 Å². The van der Waals surface area contributed by atoms with Gasteiger partial charge in [-0.05, 0) is 30.2 Å². The highest BCUT2D eigenvalue weighted by Crippen LogP contribution is 2.32. The average Bonchev–Trinajstić information content (AvgIpc) is 3.25. The van der Waals surface area contributed by atoms with E-state index in [1.807, 2.05) is 30.5 Å². The number of hydrogen-bond donors (Lipinski definition) is 0. The minimum atomic E-state index is -0.563. The van der Waals surface area contributed by atoms with E-state index in [4.69, 9.17) is 10.00 Å². The highest BCUT2D eigenvalue weighted by atomic mass is 16.5. The number of nitriles is 1. The molecule has 0 saturated carbocycles. The monoisotopic (exact) mass is 333 g/mol. The standard InChI is InChI=1S/C18H15N5O2/c1-25-17-9-12(2-5-20-17)14-8-16-15(3-6-21-23(16)11-14)22-7-4-13(10-19)18(22)24/h2-3,5-6,8-9,11,13H,4,7H2,1H3. The summed E-state index contributed by atoms with van der Waals surface area (Å²) in [7, 11) is 1.58. The quantitative estimate of drug-likeness (QED) is 0.734. The SMILES string of the molecule is COc1cc(-c2cc3c(N4CCC(C#N)C4=O)ccnn3c2)ccn1. The third kappa shape index (κ3) is 2.48. The van der Waals surface area contributed by atoms with Gasteiger partial charge in [0.05, 0.1) is 24.4 Å². The van der Waals surface area contributed by atoms with Crippen molar-refractivity contribution in [2.75, 3.05) is 18.6 Å². The van der Waals surface area contributed by atoms with Crippen LogP contribution < -0.4 is 9.64 Å². The normalized spacial score (nSPS) is 17.0. The Labute approximate surface area is 144 Å². The summed E-state index contributed by atoms with van der Waals surface area (Å²) in [6.07, 6.45) is 5.80. The number of amides is 1. The van der Waals surface area contributed by atoms with Crippen LogP contribution in [0.3, 0.4) is 0 Å². The molecule has 3 aromatic rings. The third-order valence-electron chi connectivity index (χ3n) is 4.42. The fourth-order valence-corrected chi connectivity index (χ4v) is 3.13. The first kappa shape index (κ1) is 15.1. The van der Waals surface area contributed by atoms with Crippen molar-refractivity contribution in [1.29, 1.82) is 5.26 Å². The van der Waals surface area contributed by atoms with E-state index in [1.165, 1.54) is 0 Å². The van der Waals surface area contributed by atoms with Crippen molar-refractivity contribution in [2.45, 2.75) is 6.42 Å². The molecule has 0 radical (unpaired) electrons. The lowest BCUT2D eigenvalue weighted by Gasteiger charge is -2.16. The first-order chi connectivity index (χ1) is 12.2. The predicted molar refractivity (Wildman–Crippen MR) is 91.0 cm³/mol. The zero-order valence-electron chi connectivity index (χ0n) is 13.6. The molecule has 1 aliphatic heterocycles. The minimum absolute atomic E-state index is 0.149. The Hall–Kier alpha value is -3.40. The van der Waals surface area contributed by atoms with Crippen molar-refractivity contribution in [2.24, 2.45) is 5.92 Å². The molecule has 3 aromatic heterocycles. The van der Waals surface area contributed by atoms with Gasteiger partial charge in [0.1, 0.15) is 5.92 Å². The number of pyridine rings is 1. The summed E-state index contributed by atoms with van der Waals surface area (Å²) in [5, 5.41) is 13.4. The zero-order valence-corrected chi connectivity index (χ0v) is 13.6. The Morgan fingerprint density at radius 1 is 1.28 bits per heavy atom. The van der Waals surface area contributed by atoms with Crippen molar-refractivity contribution < 1.29 is 9.53 Å². The summed E-state index contributed by atoms with van der Waals surface area (Å²) in [6, 6.07) is 9.60. The molecule has 0 aromatic carbocycles. The Morgan fingerprint density at radius 3 is 2.92 bits per heavy atom. The van der Waals surface area contributed by atoms with Gasteiger partial charge in [-0.15, -0.1) is 0 Å². The van der Waals surface area contributed by atoms with Crippen LogP contribution in [-0.2, 0) is 4.79 Å². The van der Waals surface area contributed by atoms with Gasteiger partial charge in [0.2, 0.25) is 11.8 Å². The van der Waals surface area contributed by atoms with Crippen molar-refractivity contribution in [3.63, 3.8) is 0 Å².